The summed E-state index contributed by atoms with van der Waals surface area (Å²) >= 11 is 0. The molecule has 7 nitrogen and oxygen atoms in total. The number of nitrogens with zero attached hydrogens (tertiary/aromatic N) is 2. The third-order valence-electron chi connectivity index (χ3n) is 5.36. The van der Waals surface area contributed by atoms with Crippen LogP contribution >= 0.6 is 0 Å². The van der Waals surface area contributed by atoms with Gasteiger partial charge in [0.25, 0.3) is 0 Å². The monoisotopic (exact) mass is 456 g/mol. The Bertz CT molecular complexity index is 1360. The zero-order valence-corrected chi connectivity index (χ0v) is 18.9. The summed E-state index contributed by atoms with van der Waals surface area (Å²) in [5, 5.41) is 29.7. The summed E-state index contributed by atoms with van der Waals surface area (Å²) in [4.78, 5) is 11.7. The molecule has 172 valence electrons. The standard InChI is InChI=1S/C27H24N2O5/c1-17(30)34-27-23-6-4-3-5-22(23)26(33-2)16-24(27)29-28-20-11-8-18(9-12-20)7-10-19-15-21(31)13-14-25(19)32/h3-6,8-9,11-16,31-32H,7,10H2,1-2H3. The van der Waals surface area contributed by atoms with Crippen LogP contribution in [-0.4, -0.2) is 23.3 Å². The lowest BCUT2D eigenvalue weighted by atomic mass is 10.0. The summed E-state index contributed by atoms with van der Waals surface area (Å²) in [6.45, 7) is 1.34. The molecule has 0 aliphatic rings. The van der Waals surface area contributed by atoms with Gasteiger partial charge in [-0.3, -0.25) is 4.79 Å². The number of fused-ring (bicyclic) bond motifs is 1. The molecule has 4 aromatic carbocycles. The number of benzene rings is 4. The maximum Gasteiger partial charge on any atom is 0.308 e. The number of azo groups is 1. The number of phenolic OH excluding ortho intramolecular Hbond substituents is 2. The topological polar surface area (TPSA) is 101 Å². The second-order valence-electron chi connectivity index (χ2n) is 7.75. The van der Waals surface area contributed by atoms with E-state index >= 15 is 0 Å². The van der Waals surface area contributed by atoms with E-state index in [1.807, 2.05) is 48.5 Å². The Labute approximate surface area is 196 Å². The zero-order chi connectivity index (χ0) is 24.1. The Hall–Kier alpha value is -4.39. The first-order chi connectivity index (χ1) is 16.4. The molecule has 0 unspecified atom stereocenters. The summed E-state index contributed by atoms with van der Waals surface area (Å²) in [6, 6.07) is 21.2. The smallest absolute Gasteiger partial charge is 0.308 e. The van der Waals surface area contributed by atoms with Crippen molar-refractivity contribution in [3.63, 3.8) is 0 Å². The molecule has 4 rings (SSSR count). The van der Waals surface area contributed by atoms with E-state index in [2.05, 4.69) is 10.2 Å². The van der Waals surface area contributed by atoms with Crippen molar-refractivity contribution in [3.05, 3.63) is 83.9 Å². The van der Waals surface area contributed by atoms with E-state index in [1.54, 1.807) is 19.2 Å². The van der Waals surface area contributed by atoms with Gasteiger partial charge in [-0.25, -0.2) is 0 Å². The number of hydrogen-bond donors (Lipinski definition) is 2. The van der Waals surface area contributed by atoms with Gasteiger partial charge < -0.3 is 19.7 Å². The molecular formula is C27H24N2O5. The Kier molecular flexibility index (Phi) is 6.73. The normalized spacial score (nSPS) is 11.1. The molecule has 0 saturated heterocycles. The van der Waals surface area contributed by atoms with Crippen molar-refractivity contribution in [2.45, 2.75) is 19.8 Å². The van der Waals surface area contributed by atoms with E-state index < -0.39 is 5.97 Å². The first-order valence-corrected chi connectivity index (χ1v) is 10.7. The van der Waals surface area contributed by atoms with Crippen molar-refractivity contribution in [1.82, 2.24) is 0 Å². The average molecular weight is 456 g/mol. The summed E-state index contributed by atoms with van der Waals surface area (Å²) in [6.07, 6.45) is 1.27. The summed E-state index contributed by atoms with van der Waals surface area (Å²) in [5.41, 5.74) is 2.75. The molecule has 0 amide bonds. The van der Waals surface area contributed by atoms with Gasteiger partial charge in [0.2, 0.25) is 0 Å². The molecule has 7 heteroatoms. The lowest BCUT2D eigenvalue weighted by Crippen LogP contribution is -2.02. The van der Waals surface area contributed by atoms with Gasteiger partial charge in [-0.1, -0.05) is 36.4 Å². The van der Waals surface area contributed by atoms with E-state index in [0.717, 1.165) is 10.9 Å². The molecule has 0 aliphatic carbocycles. The molecule has 0 spiro atoms. The van der Waals surface area contributed by atoms with Crippen LogP contribution < -0.4 is 9.47 Å². The van der Waals surface area contributed by atoms with Gasteiger partial charge in [0.05, 0.1) is 12.8 Å². The zero-order valence-electron chi connectivity index (χ0n) is 18.9. The Morgan fingerprint density at radius 1 is 0.882 bits per heavy atom. The van der Waals surface area contributed by atoms with Crippen molar-refractivity contribution in [1.29, 1.82) is 0 Å². The average Bonchev–Trinajstić information content (AvgIpc) is 2.84. The number of ether oxygens (including phenoxy) is 2. The Morgan fingerprint density at radius 3 is 2.32 bits per heavy atom. The fraction of sp³-hybridized carbons (Fsp3) is 0.148. The highest BCUT2D eigenvalue weighted by Gasteiger charge is 2.15. The minimum atomic E-state index is -0.450. The molecule has 4 aromatic rings. The molecular weight excluding hydrogens is 432 g/mol. The first-order valence-electron chi connectivity index (χ1n) is 10.7. The van der Waals surface area contributed by atoms with E-state index in [0.29, 0.717) is 46.7 Å². The second-order valence-corrected chi connectivity index (χ2v) is 7.75. The molecule has 0 saturated carbocycles. The van der Waals surface area contributed by atoms with Gasteiger partial charge in [-0.15, -0.1) is 5.11 Å². The molecule has 0 aromatic heterocycles. The van der Waals surface area contributed by atoms with Crippen LogP contribution in [-0.2, 0) is 17.6 Å². The van der Waals surface area contributed by atoms with Crippen molar-refractivity contribution < 1.29 is 24.5 Å². The molecule has 0 radical (unpaired) electrons. The van der Waals surface area contributed by atoms with Gasteiger partial charge in [0.1, 0.15) is 22.9 Å². The van der Waals surface area contributed by atoms with Crippen molar-refractivity contribution in [2.24, 2.45) is 10.2 Å². The van der Waals surface area contributed by atoms with E-state index in [-0.39, 0.29) is 11.5 Å². The highest BCUT2D eigenvalue weighted by Crippen LogP contribution is 2.42. The van der Waals surface area contributed by atoms with Crippen LogP contribution in [0.5, 0.6) is 23.0 Å². The predicted molar refractivity (Wildman–Crippen MR) is 130 cm³/mol. The number of aryl methyl sites for hydroxylation is 2. The lowest BCUT2D eigenvalue weighted by molar-refractivity contribution is -0.131. The minimum absolute atomic E-state index is 0.127. The van der Waals surface area contributed by atoms with Gasteiger partial charge >= 0.3 is 5.97 Å². The second kappa shape index (κ2) is 10.0. The van der Waals surface area contributed by atoms with Crippen molar-refractivity contribution >= 4 is 28.1 Å². The highest BCUT2D eigenvalue weighted by molar-refractivity contribution is 5.98. The van der Waals surface area contributed by atoms with Crippen molar-refractivity contribution in [3.8, 4) is 23.0 Å². The molecule has 0 atom stereocenters. The van der Waals surface area contributed by atoms with Crippen molar-refractivity contribution in [2.75, 3.05) is 7.11 Å². The molecule has 0 aliphatic heterocycles. The fourth-order valence-electron chi connectivity index (χ4n) is 3.69. The van der Waals surface area contributed by atoms with E-state index in [1.165, 1.54) is 19.1 Å². The molecule has 34 heavy (non-hydrogen) atoms. The molecule has 0 bridgehead atoms. The number of aromatic hydroxyl groups is 2. The number of esters is 1. The van der Waals surface area contributed by atoms with Gasteiger partial charge in [-0.2, -0.15) is 5.11 Å². The fourth-order valence-corrected chi connectivity index (χ4v) is 3.69. The van der Waals surface area contributed by atoms with Crippen LogP contribution in [0.2, 0.25) is 0 Å². The van der Waals surface area contributed by atoms with E-state index in [4.69, 9.17) is 9.47 Å². The SMILES string of the molecule is COc1cc(N=Nc2ccc(CCc3cc(O)ccc3O)cc2)c(OC(C)=O)c2ccccc12. The van der Waals surface area contributed by atoms with Crippen LogP contribution in [0.25, 0.3) is 10.8 Å². The number of carbonyl (C=O) groups is 1. The van der Waals surface area contributed by atoms with Crippen LogP contribution in [0.3, 0.4) is 0 Å². The summed E-state index contributed by atoms with van der Waals surface area (Å²) in [5.74, 6) is 0.773. The Balaban J connectivity index is 1.56. The number of rotatable bonds is 7. The van der Waals surface area contributed by atoms with Crippen LogP contribution in [0.1, 0.15) is 18.1 Å². The number of methoxy groups -OCH3 is 1. The summed E-state index contributed by atoms with van der Waals surface area (Å²) in [7, 11) is 1.57. The third-order valence-corrected chi connectivity index (χ3v) is 5.36. The number of carbonyl (C=O) groups excluding carboxylic acids is 1. The first kappa shape index (κ1) is 22.8. The third kappa shape index (κ3) is 5.15. The van der Waals surface area contributed by atoms with Crippen LogP contribution in [0.4, 0.5) is 11.4 Å². The number of phenols is 2. The predicted octanol–water partition coefficient (Wildman–Crippen LogP) is 6.39. The lowest BCUT2D eigenvalue weighted by Gasteiger charge is -2.12. The quantitative estimate of drug-likeness (QED) is 0.145. The largest absolute Gasteiger partial charge is 0.508 e. The number of hydrogen-bond acceptors (Lipinski definition) is 7. The maximum absolute atomic E-state index is 11.7. The van der Waals surface area contributed by atoms with Gasteiger partial charge in [0, 0.05) is 23.8 Å². The van der Waals surface area contributed by atoms with Crippen LogP contribution in [0, 0.1) is 0 Å². The maximum atomic E-state index is 11.7. The summed E-state index contributed by atoms with van der Waals surface area (Å²) < 4.78 is 11.0. The van der Waals surface area contributed by atoms with Gasteiger partial charge in [-0.05, 0) is 54.3 Å². The molecule has 2 N–H and O–H groups in total. The van der Waals surface area contributed by atoms with Gasteiger partial charge in [0.15, 0.2) is 5.75 Å². The highest BCUT2D eigenvalue weighted by atomic mass is 16.5. The minimum Gasteiger partial charge on any atom is -0.508 e. The molecule has 0 fully saturated rings. The van der Waals surface area contributed by atoms with E-state index in [9.17, 15) is 15.0 Å². The van der Waals surface area contributed by atoms with Crippen LogP contribution in [0.15, 0.2) is 83.0 Å². The Morgan fingerprint density at radius 2 is 1.62 bits per heavy atom. The molecule has 0 heterocycles.